The molecule has 0 bridgehead atoms. The van der Waals surface area contributed by atoms with Crippen LogP contribution in [0.25, 0.3) is 0 Å². The van der Waals surface area contributed by atoms with Gasteiger partial charge >= 0.3 is 12.2 Å². The largest absolute Gasteiger partial charge is 0.494 e. The van der Waals surface area contributed by atoms with E-state index in [1.807, 2.05) is 0 Å². The monoisotopic (exact) mass is 334 g/mol. The van der Waals surface area contributed by atoms with Crippen LogP contribution in [0, 0.1) is 5.82 Å². The van der Waals surface area contributed by atoms with Crippen molar-refractivity contribution in [3.8, 4) is 11.5 Å². The zero-order chi connectivity index (χ0) is 17.5. The lowest BCUT2D eigenvalue weighted by Gasteiger charge is -2.23. The number of nitrogens with one attached hydrogen (secondary N) is 1. The maximum atomic E-state index is 13.7. The Morgan fingerprint density at radius 1 is 1.00 bits per heavy atom. The molecule has 24 heavy (non-hydrogen) atoms. The minimum Gasteiger partial charge on any atom is -0.494 e. The number of methoxy groups -OCH3 is 2. The van der Waals surface area contributed by atoms with E-state index in [1.54, 1.807) is 18.2 Å². The minimum atomic E-state index is -1.05. The molecular formula is C16H15FN2O5. The Morgan fingerprint density at radius 3 is 2.25 bits per heavy atom. The summed E-state index contributed by atoms with van der Waals surface area (Å²) < 4.78 is 28.3. The number of anilines is 1. The van der Waals surface area contributed by atoms with Crippen molar-refractivity contribution in [3.63, 3.8) is 0 Å². The molecule has 2 aromatic carbocycles. The van der Waals surface area contributed by atoms with E-state index in [-0.39, 0.29) is 11.4 Å². The van der Waals surface area contributed by atoms with Crippen LogP contribution in [0.4, 0.5) is 19.7 Å². The Bertz CT molecular complexity index is 738. The fourth-order valence-corrected chi connectivity index (χ4v) is 1.82. The summed E-state index contributed by atoms with van der Waals surface area (Å²) in [6.07, 6.45) is -1.96. The molecule has 0 aliphatic carbocycles. The van der Waals surface area contributed by atoms with Crippen molar-refractivity contribution in [2.45, 2.75) is 0 Å². The summed E-state index contributed by atoms with van der Waals surface area (Å²) in [6.45, 7) is 0. The van der Waals surface area contributed by atoms with Gasteiger partial charge in [-0.25, -0.2) is 19.4 Å². The SMILES string of the molecule is COC(=O)NN(C(=O)Oc1ccccc1F)c1ccccc1OC. The second-order valence-electron chi connectivity index (χ2n) is 4.41. The van der Waals surface area contributed by atoms with Crippen LogP contribution in [0.3, 0.4) is 0 Å². The van der Waals surface area contributed by atoms with Crippen LogP contribution in [0.5, 0.6) is 11.5 Å². The van der Waals surface area contributed by atoms with E-state index in [0.717, 1.165) is 18.2 Å². The molecule has 0 atom stereocenters. The van der Waals surface area contributed by atoms with Crippen molar-refractivity contribution in [2.75, 3.05) is 19.2 Å². The van der Waals surface area contributed by atoms with Crippen LogP contribution in [-0.2, 0) is 4.74 Å². The lowest BCUT2D eigenvalue weighted by atomic mass is 10.3. The third-order valence-electron chi connectivity index (χ3n) is 2.93. The number of hydrogen-bond donors (Lipinski definition) is 1. The molecule has 0 heterocycles. The first-order chi connectivity index (χ1) is 11.6. The molecule has 0 unspecified atom stereocenters. The van der Waals surface area contributed by atoms with Crippen LogP contribution >= 0.6 is 0 Å². The fourth-order valence-electron chi connectivity index (χ4n) is 1.82. The molecule has 0 aliphatic heterocycles. The lowest BCUT2D eigenvalue weighted by Crippen LogP contribution is -2.48. The summed E-state index contributed by atoms with van der Waals surface area (Å²) in [5.74, 6) is -0.711. The first kappa shape index (κ1) is 17.1. The first-order valence-electron chi connectivity index (χ1n) is 6.81. The lowest BCUT2D eigenvalue weighted by molar-refractivity contribution is 0.165. The molecule has 0 fully saturated rings. The Morgan fingerprint density at radius 2 is 1.62 bits per heavy atom. The Balaban J connectivity index is 2.33. The highest BCUT2D eigenvalue weighted by Gasteiger charge is 2.24. The Labute approximate surface area is 137 Å². The summed E-state index contributed by atoms with van der Waals surface area (Å²) >= 11 is 0. The Hall–Kier alpha value is -3.29. The molecule has 126 valence electrons. The van der Waals surface area contributed by atoms with E-state index in [9.17, 15) is 14.0 Å². The van der Waals surface area contributed by atoms with Gasteiger partial charge in [0.25, 0.3) is 0 Å². The third-order valence-corrected chi connectivity index (χ3v) is 2.93. The van der Waals surface area contributed by atoms with Gasteiger partial charge in [-0.2, -0.15) is 5.01 Å². The van der Waals surface area contributed by atoms with E-state index < -0.39 is 18.0 Å². The van der Waals surface area contributed by atoms with Crippen molar-refractivity contribution in [2.24, 2.45) is 0 Å². The molecule has 0 saturated carbocycles. The second-order valence-corrected chi connectivity index (χ2v) is 4.41. The molecule has 8 heteroatoms. The summed E-state index contributed by atoms with van der Waals surface area (Å²) in [5, 5.41) is 0.761. The number of carbonyl (C=O) groups is 2. The average Bonchev–Trinajstić information content (AvgIpc) is 2.61. The number of rotatable bonds is 3. The van der Waals surface area contributed by atoms with Gasteiger partial charge in [0, 0.05) is 0 Å². The van der Waals surface area contributed by atoms with E-state index in [4.69, 9.17) is 9.47 Å². The minimum absolute atomic E-state index is 0.187. The zero-order valence-electron chi connectivity index (χ0n) is 13.0. The first-order valence-corrected chi connectivity index (χ1v) is 6.81. The van der Waals surface area contributed by atoms with Gasteiger partial charge in [0.1, 0.15) is 11.4 Å². The molecule has 7 nitrogen and oxygen atoms in total. The molecule has 0 aliphatic rings. The van der Waals surface area contributed by atoms with E-state index in [2.05, 4.69) is 10.2 Å². The number of hydrazine groups is 1. The number of ether oxygens (including phenoxy) is 3. The molecule has 0 saturated heterocycles. The van der Waals surface area contributed by atoms with Gasteiger partial charge < -0.3 is 14.2 Å². The van der Waals surface area contributed by atoms with E-state index in [1.165, 1.54) is 31.4 Å². The molecular weight excluding hydrogens is 319 g/mol. The number of nitrogens with zero attached hydrogens (tertiary/aromatic N) is 1. The summed E-state index contributed by atoms with van der Waals surface area (Å²) in [5.41, 5.74) is 2.38. The highest BCUT2D eigenvalue weighted by molar-refractivity contribution is 5.93. The van der Waals surface area contributed by atoms with Gasteiger partial charge in [-0.05, 0) is 24.3 Å². The second kappa shape index (κ2) is 7.82. The third kappa shape index (κ3) is 3.92. The van der Waals surface area contributed by atoms with Crippen molar-refractivity contribution >= 4 is 17.9 Å². The average molecular weight is 334 g/mol. The predicted octanol–water partition coefficient (Wildman–Crippen LogP) is 3.11. The molecule has 2 rings (SSSR count). The van der Waals surface area contributed by atoms with Crippen LogP contribution in [0.15, 0.2) is 48.5 Å². The maximum absolute atomic E-state index is 13.7. The van der Waals surface area contributed by atoms with Crippen molar-refractivity contribution in [1.29, 1.82) is 0 Å². The van der Waals surface area contributed by atoms with Crippen LogP contribution in [0.2, 0.25) is 0 Å². The number of halogens is 1. The van der Waals surface area contributed by atoms with Gasteiger partial charge in [-0.1, -0.05) is 24.3 Å². The number of para-hydroxylation sites is 3. The fraction of sp³-hybridized carbons (Fsp3) is 0.125. The summed E-state index contributed by atoms with van der Waals surface area (Å²) in [4.78, 5) is 23.9. The number of hydrogen-bond acceptors (Lipinski definition) is 5. The van der Waals surface area contributed by atoms with Crippen molar-refractivity contribution < 1.29 is 28.2 Å². The smallest absolute Gasteiger partial charge is 0.439 e. The standard InChI is InChI=1S/C16H15FN2O5/c1-22-14-10-6-4-8-12(14)19(18-15(20)23-2)16(21)24-13-9-5-3-7-11(13)17/h3-10H,1-2H3,(H,18,20). The summed E-state index contributed by atoms with van der Waals surface area (Å²) in [6, 6.07) is 11.8. The predicted molar refractivity (Wildman–Crippen MR) is 83.4 cm³/mol. The van der Waals surface area contributed by atoms with Crippen LogP contribution in [0.1, 0.15) is 0 Å². The van der Waals surface area contributed by atoms with E-state index >= 15 is 0 Å². The summed E-state index contributed by atoms with van der Waals surface area (Å²) in [7, 11) is 2.54. The molecule has 2 aromatic rings. The molecule has 2 amide bonds. The number of benzene rings is 2. The van der Waals surface area contributed by atoms with Crippen molar-refractivity contribution in [1.82, 2.24) is 5.43 Å². The maximum Gasteiger partial charge on any atom is 0.439 e. The number of carbonyl (C=O) groups excluding carboxylic acids is 2. The topological polar surface area (TPSA) is 77.1 Å². The zero-order valence-corrected chi connectivity index (χ0v) is 13.0. The van der Waals surface area contributed by atoms with Gasteiger partial charge in [0.15, 0.2) is 11.6 Å². The van der Waals surface area contributed by atoms with Crippen molar-refractivity contribution in [3.05, 3.63) is 54.3 Å². The number of amides is 2. The van der Waals surface area contributed by atoms with Gasteiger partial charge in [0.05, 0.1) is 14.2 Å². The quantitative estimate of drug-likeness (QED) is 0.873. The highest BCUT2D eigenvalue weighted by Crippen LogP contribution is 2.27. The van der Waals surface area contributed by atoms with Crippen LogP contribution in [-0.4, -0.2) is 26.4 Å². The molecule has 1 N–H and O–H groups in total. The highest BCUT2D eigenvalue weighted by atomic mass is 19.1. The molecule has 0 aromatic heterocycles. The normalized spacial score (nSPS) is 9.79. The van der Waals surface area contributed by atoms with Crippen LogP contribution < -0.4 is 19.9 Å². The molecule has 0 radical (unpaired) electrons. The van der Waals surface area contributed by atoms with Gasteiger partial charge in [-0.15, -0.1) is 0 Å². The Kier molecular flexibility index (Phi) is 5.56. The van der Waals surface area contributed by atoms with Gasteiger partial charge in [0.2, 0.25) is 0 Å². The van der Waals surface area contributed by atoms with E-state index in [0.29, 0.717) is 5.75 Å². The molecule has 0 spiro atoms. The van der Waals surface area contributed by atoms with Gasteiger partial charge in [-0.3, -0.25) is 0 Å².